The highest BCUT2D eigenvalue weighted by Gasteiger charge is 2.14. The largest absolute Gasteiger partial charge is 0.325 e. The zero-order valence-corrected chi connectivity index (χ0v) is 11.8. The summed E-state index contributed by atoms with van der Waals surface area (Å²) in [5.74, 6) is 0. The number of rotatable bonds is 5. The van der Waals surface area contributed by atoms with Crippen LogP contribution in [0.3, 0.4) is 0 Å². The van der Waals surface area contributed by atoms with Gasteiger partial charge in [0, 0.05) is 18.9 Å². The van der Waals surface area contributed by atoms with Gasteiger partial charge in [-0.15, -0.1) is 0 Å². The SMILES string of the molecule is Cc1cnc(CNS(=O)(=O)c2ccc(CN)nc2)cn1. The van der Waals surface area contributed by atoms with E-state index >= 15 is 0 Å². The van der Waals surface area contributed by atoms with Gasteiger partial charge in [-0.05, 0) is 19.1 Å². The molecule has 0 aliphatic heterocycles. The first kappa shape index (κ1) is 14.5. The van der Waals surface area contributed by atoms with Crippen molar-refractivity contribution in [2.75, 3.05) is 0 Å². The minimum absolute atomic E-state index is 0.0776. The first-order valence-corrected chi connectivity index (χ1v) is 7.42. The van der Waals surface area contributed by atoms with Crippen LogP contribution in [0.2, 0.25) is 0 Å². The van der Waals surface area contributed by atoms with Gasteiger partial charge in [0.25, 0.3) is 0 Å². The van der Waals surface area contributed by atoms with E-state index in [1.54, 1.807) is 12.3 Å². The van der Waals surface area contributed by atoms with Gasteiger partial charge in [-0.2, -0.15) is 0 Å². The van der Waals surface area contributed by atoms with E-state index < -0.39 is 10.0 Å². The van der Waals surface area contributed by atoms with Crippen molar-refractivity contribution in [2.24, 2.45) is 5.73 Å². The van der Waals surface area contributed by atoms with E-state index in [1.165, 1.54) is 18.5 Å². The van der Waals surface area contributed by atoms with E-state index in [1.807, 2.05) is 6.92 Å². The number of nitrogens with one attached hydrogen (secondary N) is 1. The van der Waals surface area contributed by atoms with Crippen LogP contribution in [0.5, 0.6) is 0 Å². The fraction of sp³-hybridized carbons (Fsp3) is 0.250. The van der Waals surface area contributed by atoms with Gasteiger partial charge < -0.3 is 5.73 Å². The third kappa shape index (κ3) is 3.56. The maximum atomic E-state index is 12.0. The summed E-state index contributed by atoms with van der Waals surface area (Å²) >= 11 is 0. The molecule has 0 bridgehead atoms. The second-order valence-corrected chi connectivity index (χ2v) is 5.93. The van der Waals surface area contributed by atoms with Crippen molar-refractivity contribution in [1.82, 2.24) is 19.7 Å². The van der Waals surface area contributed by atoms with E-state index in [9.17, 15) is 8.42 Å². The van der Waals surface area contributed by atoms with Crippen LogP contribution in [0.25, 0.3) is 0 Å². The topological polar surface area (TPSA) is 111 Å². The number of aryl methyl sites for hydroxylation is 1. The molecule has 0 saturated heterocycles. The van der Waals surface area contributed by atoms with Crippen molar-refractivity contribution in [1.29, 1.82) is 0 Å². The number of sulfonamides is 1. The number of hydrogen-bond acceptors (Lipinski definition) is 6. The molecular weight excluding hydrogens is 278 g/mol. The third-order valence-corrected chi connectivity index (χ3v) is 3.98. The predicted molar refractivity (Wildman–Crippen MR) is 72.9 cm³/mol. The van der Waals surface area contributed by atoms with Gasteiger partial charge in [-0.3, -0.25) is 15.0 Å². The van der Waals surface area contributed by atoms with Crippen LogP contribution in [0, 0.1) is 6.92 Å². The second-order valence-electron chi connectivity index (χ2n) is 4.16. The Hall–Kier alpha value is -1.90. The summed E-state index contributed by atoms with van der Waals surface area (Å²) in [5, 5.41) is 0. The summed E-state index contributed by atoms with van der Waals surface area (Å²) in [5.41, 5.74) is 7.37. The Labute approximate surface area is 117 Å². The van der Waals surface area contributed by atoms with Crippen LogP contribution in [0.4, 0.5) is 0 Å². The molecule has 2 aromatic rings. The lowest BCUT2D eigenvalue weighted by atomic mass is 10.4. The smallest absolute Gasteiger partial charge is 0.242 e. The van der Waals surface area contributed by atoms with Gasteiger partial charge in [0.15, 0.2) is 0 Å². The lowest BCUT2D eigenvalue weighted by Crippen LogP contribution is -2.24. The van der Waals surface area contributed by atoms with E-state index in [2.05, 4.69) is 19.7 Å². The van der Waals surface area contributed by atoms with Crippen molar-refractivity contribution >= 4 is 10.0 Å². The first-order chi connectivity index (χ1) is 9.51. The standard InChI is InChI=1S/C12H15N5O2S/c1-9-5-15-11(6-14-9)7-17-20(18,19)12-3-2-10(4-13)16-8-12/h2-3,5-6,8,17H,4,7,13H2,1H3. The quantitative estimate of drug-likeness (QED) is 0.810. The molecule has 2 rings (SSSR count). The van der Waals surface area contributed by atoms with Gasteiger partial charge in [-0.1, -0.05) is 0 Å². The van der Waals surface area contributed by atoms with E-state index in [4.69, 9.17) is 5.73 Å². The Balaban J connectivity index is 2.08. The van der Waals surface area contributed by atoms with Gasteiger partial charge in [0.1, 0.15) is 4.90 Å². The van der Waals surface area contributed by atoms with Gasteiger partial charge in [0.2, 0.25) is 10.0 Å². The number of hydrogen-bond donors (Lipinski definition) is 2. The van der Waals surface area contributed by atoms with Crippen LogP contribution < -0.4 is 10.5 Å². The molecule has 0 saturated carbocycles. The summed E-state index contributed by atoms with van der Waals surface area (Å²) in [6.45, 7) is 2.16. The molecule has 0 amide bonds. The normalized spacial score (nSPS) is 11.5. The number of nitrogens with zero attached hydrogens (tertiary/aromatic N) is 3. The predicted octanol–water partition coefficient (Wildman–Crippen LogP) is 0.117. The van der Waals surface area contributed by atoms with Crippen molar-refractivity contribution in [3.05, 3.63) is 47.8 Å². The lowest BCUT2D eigenvalue weighted by Gasteiger charge is -2.06. The molecule has 20 heavy (non-hydrogen) atoms. The van der Waals surface area contributed by atoms with E-state index in [-0.39, 0.29) is 18.0 Å². The van der Waals surface area contributed by atoms with E-state index in [0.717, 1.165) is 5.69 Å². The monoisotopic (exact) mass is 293 g/mol. The molecule has 0 aromatic carbocycles. The van der Waals surface area contributed by atoms with Crippen LogP contribution in [-0.4, -0.2) is 23.4 Å². The number of pyridine rings is 1. The Morgan fingerprint density at radius 2 is 1.85 bits per heavy atom. The molecule has 0 fully saturated rings. The van der Waals surface area contributed by atoms with Crippen molar-refractivity contribution < 1.29 is 8.42 Å². The number of aromatic nitrogens is 3. The Bertz CT molecular complexity index is 668. The highest BCUT2D eigenvalue weighted by Crippen LogP contribution is 2.08. The molecule has 0 aliphatic carbocycles. The molecule has 2 heterocycles. The highest BCUT2D eigenvalue weighted by molar-refractivity contribution is 7.89. The summed E-state index contributed by atoms with van der Waals surface area (Å²) in [4.78, 5) is 12.2. The maximum Gasteiger partial charge on any atom is 0.242 e. The Morgan fingerprint density at radius 3 is 2.40 bits per heavy atom. The van der Waals surface area contributed by atoms with E-state index in [0.29, 0.717) is 11.4 Å². The van der Waals surface area contributed by atoms with Crippen molar-refractivity contribution in [3.8, 4) is 0 Å². The van der Waals surface area contributed by atoms with Crippen molar-refractivity contribution in [3.63, 3.8) is 0 Å². The molecule has 2 aromatic heterocycles. The molecular formula is C12H15N5O2S. The lowest BCUT2D eigenvalue weighted by molar-refractivity contribution is 0.579. The minimum atomic E-state index is -3.61. The van der Waals surface area contributed by atoms with Gasteiger partial charge in [-0.25, -0.2) is 13.1 Å². The highest BCUT2D eigenvalue weighted by atomic mass is 32.2. The fourth-order valence-corrected chi connectivity index (χ4v) is 2.40. The van der Waals surface area contributed by atoms with Gasteiger partial charge in [0.05, 0.1) is 29.8 Å². The van der Waals surface area contributed by atoms with Crippen LogP contribution in [0.1, 0.15) is 17.1 Å². The maximum absolute atomic E-state index is 12.0. The third-order valence-electron chi connectivity index (χ3n) is 2.59. The molecule has 0 aliphatic rings. The summed E-state index contributed by atoms with van der Waals surface area (Å²) in [7, 11) is -3.61. The fourth-order valence-electron chi connectivity index (χ4n) is 1.45. The second kappa shape index (κ2) is 6.04. The van der Waals surface area contributed by atoms with Crippen LogP contribution >= 0.6 is 0 Å². The zero-order valence-electron chi connectivity index (χ0n) is 10.9. The zero-order chi connectivity index (χ0) is 14.6. The molecule has 0 radical (unpaired) electrons. The minimum Gasteiger partial charge on any atom is -0.325 e. The first-order valence-electron chi connectivity index (χ1n) is 5.93. The molecule has 3 N–H and O–H groups in total. The molecule has 0 spiro atoms. The van der Waals surface area contributed by atoms with Gasteiger partial charge >= 0.3 is 0 Å². The molecule has 106 valence electrons. The summed E-state index contributed by atoms with van der Waals surface area (Å²) in [6, 6.07) is 3.05. The average Bonchev–Trinajstić information content (AvgIpc) is 2.47. The molecule has 8 heteroatoms. The summed E-state index contributed by atoms with van der Waals surface area (Å²) in [6.07, 6.45) is 4.40. The number of nitrogens with two attached hydrogens (primary N) is 1. The molecule has 7 nitrogen and oxygen atoms in total. The molecule has 0 unspecified atom stereocenters. The molecule has 0 atom stereocenters. The summed E-state index contributed by atoms with van der Waals surface area (Å²) < 4.78 is 26.5. The Kier molecular flexibility index (Phi) is 4.38. The Morgan fingerprint density at radius 1 is 1.10 bits per heavy atom. The van der Waals surface area contributed by atoms with Crippen LogP contribution in [-0.2, 0) is 23.1 Å². The average molecular weight is 293 g/mol. The van der Waals surface area contributed by atoms with Crippen molar-refractivity contribution in [2.45, 2.75) is 24.9 Å². The van der Waals surface area contributed by atoms with Crippen LogP contribution in [0.15, 0.2) is 35.6 Å².